The van der Waals surface area contributed by atoms with E-state index < -0.39 is 0 Å². The van der Waals surface area contributed by atoms with Crippen LogP contribution >= 0.6 is 0 Å². The zero-order chi connectivity index (χ0) is 10.4. The van der Waals surface area contributed by atoms with Gasteiger partial charge in [0, 0.05) is 25.8 Å². The lowest BCUT2D eigenvalue weighted by Gasteiger charge is -2.21. The molecule has 0 saturated heterocycles. The minimum absolute atomic E-state index is 1.02. The highest BCUT2D eigenvalue weighted by atomic mass is 15.1. The summed E-state index contributed by atoms with van der Waals surface area (Å²) < 4.78 is 0. The third-order valence-electron chi connectivity index (χ3n) is 2.48. The van der Waals surface area contributed by atoms with Crippen LogP contribution in [0.4, 0.5) is 5.69 Å². The van der Waals surface area contributed by atoms with E-state index in [1.807, 2.05) is 7.05 Å². The smallest absolute Gasteiger partial charge is 0.0396 e. The molecule has 2 heteroatoms. The fourth-order valence-electron chi connectivity index (χ4n) is 1.58. The van der Waals surface area contributed by atoms with Crippen LogP contribution in [-0.2, 0) is 6.42 Å². The molecule has 1 N–H and O–H groups in total. The van der Waals surface area contributed by atoms with E-state index in [0.29, 0.717) is 0 Å². The first-order valence-corrected chi connectivity index (χ1v) is 5.23. The predicted molar refractivity (Wildman–Crippen MR) is 63.0 cm³/mol. The molecule has 2 nitrogen and oxygen atoms in total. The first-order chi connectivity index (χ1) is 6.79. The molecule has 0 bridgehead atoms. The van der Waals surface area contributed by atoms with Crippen LogP contribution in [0.15, 0.2) is 24.3 Å². The quantitative estimate of drug-likeness (QED) is 0.766. The van der Waals surface area contributed by atoms with Gasteiger partial charge in [-0.15, -0.1) is 0 Å². The number of anilines is 1. The van der Waals surface area contributed by atoms with E-state index in [-0.39, 0.29) is 0 Å². The predicted octanol–water partition coefficient (Wildman–Crippen LogP) is 1.90. The lowest BCUT2D eigenvalue weighted by molar-refractivity contribution is 0.765. The fourth-order valence-corrected chi connectivity index (χ4v) is 1.58. The van der Waals surface area contributed by atoms with Crippen LogP contribution < -0.4 is 10.2 Å². The molecule has 0 aliphatic carbocycles. The Balaban J connectivity index is 2.72. The summed E-state index contributed by atoms with van der Waals surface area (Å²) in [5, 5.41) is 3.16. The van der Waals surface area contributed by atoms with Gasteiger partial charge in [0.1, 0.15) is 0 Å². The highest BCUT2D eigenvalue weighted by Gasteiger charge is 2.03. The number of hydrogen-bond acceptors (Lipinski definition) is 2. The third-order valence-corrected chi connectivity index (χ3v) is 2.48. The minimum atomic E-state index is 1.02. The Bertz CT molecular complexity index is 271. The second-order valence-electron chi connectivity index (χ2n) is 3.51. The number of rotatable bonds is 5. The van der Waals surface area contributed by atoms with Crippen molar-refractivity contribution in [2.45, 2.75) is 13.3 Å². The molecule has 0 atom stereocenters. The summed E-state index contributed by atoms with van der Waals surface area (Å²) in [5.74, 6) is 0. The molecule has 0 amide bonds. The van der Waals surface area contributed by atoms with Gasteiger partial charge in [-0.2, -0.15) is 0 Å². The molecule has 14 heavy (non-hydrogen) atoms. The lowest BCUT2D eigenvalue weighted by atomic mass is 10.1. The van der Waals surface area contributed by atoms with Crippen LogP contribution in [0, 0.1) is 0 Å². The highest BCUT2D eigenvalue weighted by molar-refractivity contribution is 5.52. The summed E-state index contributed by atoms with van der Waals surface area (Å²) in [4.78, 5) is 2.30. The molecule has 0 aliphatic heterocycles. The van der Waals surface area contributed by atoms with Crippen molar-refractivity contribution in [2.75, 3.05) is 32.1 Å². The van der Waals surface area contributed by atoms with Gasteiger partial charge in [-0.25, -0.2) is 0 Å². The Hall–Kier alpha value is -1.02. The average molecular weight is 192 g/mol. The van der Waals surface area contributed by atoms with Gasteiger partial charge in [0.15, 0.2) is 0 Å². The molecule has 78 valence electrons. The van der Waals surface area contributed by atoms with Crippen LogP contribution in [0.2, 0.25) is 0 Å². The number of benzene rings is 1. The van der Waals surface area contributed by atoms with Crippen molar-refractivity contribution in [3.05, 3.63) is 29.8 Å². The molecule has 1 rings (SSSR count). The maximum absolute atomic E-state index is 3.16. The fraction of sp³-hybridized carbons (Fsp3) is 0.500. The van der Waals surface area contributed by atoms with Crippen molar-refractivity contribution < 1.29 is 0 Å². The van der Waals surface area contributed by atoms with E-state index in [4.69, 9.17) is 0 Å². The highest BCUT2D eigenvalue weighted by Crippen LogP contribution is 2.18. The number of aryl methyl sites for hydroxylation is 1. The molecule has 0 fully saturated rings. The molecule has 0 radical (unpaired) electrons. The SMILES string of the molecule is CCc1ccccc1N(C)CCNC. The first-order valence-electron chi connectivity index (χ1n) is 5.23. The number of para-hydroxylation sites is 1. The molecule has 0 heterocycles. The van der Waals surface area contributed by atoms with Gasteiger partial charge >= 0.3 is 0 Å². The van der Waals surface area contributed by atoms with Crippen LogP contribution in [0.1, 0.15) is 12.5 Å². The Kier molecular flexibility index (Phi) is 4.47. The van der Waals surface area contributed by atoms with E-state index >= 15 is 0 Å². The third kappa shape index (κ3) is 2.74. The molecule has 1 aromatic rings. The second kappa shape index (κ2) is 5.66. The second-order valence-corrected chi connectivity index (χ2v) is 3.51. The van der Waals surface area contributed by atoms with Crippen LogP contribution in [0.3, 0.4) is 0 Å². The van der Waals surface area contributed by atoms with Crippen LogP contribution in [0.5, 0.6) is 0 Å². The topological polar surface area (TPSA) is 15.3 Å². The zero-order valence-corrected chi connectivity index (χ0v) is 9.38. The Labute approximate surface area is 86.9 Å². The minimum Gasteiger partial charge on any atom is -0.373 e. The number of likely N-dealkylation sites (N-methyl/N-ethyl adjacent to an activating group) is 2. The molecule has 0 unspecified atom stereocenters. The van der Waals surface area contributed by atoms with E-state index in [1.165, 1.54) is 11.3 Å². The van der Waals surface area contributed by atoms with E-state index in [1.54, 1.807) is 0 Å². The Morgan fingerprint density at radius 3 is 2.64 bits per heavy atom. The van der Waals surface area contributed by atoms with Crippen molar-refractivity contribution in [3.8, 4) is 0 Å². The van der Waals surface area contributed by atoms with Crippen LogP contribution in [0.25, 0.3) is 0 Å². The maximum atomic E-state index is 3.16. The van der Waals surface area contributed by atoms with Crippen LogP contribution in [-0.4, -0.2) is 27.2 Å². The van der Waals surface area contributed by atoms with Gasteiger partial charge in [0.05, 0.1) is 0 Å². The van der Waals surface area contributed by atoms with E-state index in [0.717, 1.165) is 19.5 Å². The summed E-state index contributed by atoms with van der Waals surface area (Å²) in [6, 6.07) is 8.60. The summed E-state index contributed by atoms with van der Waals surface area (Å²) in [6.45, 7) is 4.27. The lowest BCUT2D eigenvalue weighted by Crippen LogP contribution is -2.27. The summed E-state index contributed by atoms with van der Waals surface area (Å²) in [6.07, 6.45) is 1.10. The van der Waals surface area contributed by atoms with E-state index in [2.05, 4.69) is 48.5 Å². The summed E-state index contributed by atoms with van der Waals surface area (Å²) >= 11 is 0. The van der Waals surface area contributed by atoms with Gasteiger partial charge in [0.25, 0.3) is 0 Å². The Morgan fingerprint density at radius 2 is 2.00 bits per heavy atom. The molecule has 0 saturated carbocycles. The largest absolute Gasteiger partial charge is 0.373 e. The van der Waals surface area contributed by atoms with Crippen molar-refractivity contribution in [1.29, 1.82) is 0 Å². The van der Waals surface area contributed by atoms with Gasteiger partial charge in [-0.05, 0) is 25.1 Å². The molecular weight excluding hydrogens is 172 g/mol. The molecule has 0 aromatic heterocycles. The Morgan fingerprint density at radius 1 is 1.29 bits per heavy atom. The van der Waals surface area contributed by atoms with Crippen molar-refractivity contribution in [3.63, 3.8) is 0 Å². The van der Waals surface area contributed by atoms with Gasteiger partial charge in [-0.1, -0.05) is 25.1 Å². The number of nitrogens with one attached hydrogen (secondary N) is 1. The first kappa shape index (κ1) is 11.1. The summed E-state index contributed by atoms with van der Waals surface area (Å²) in [5.41, 5.74) is 2.77. The van der Waals surface area contributed by atoms with Gasteiger partial charge < -0.3 is 10.2 Å². The summed E-state index contributed by atoms with van der Waals surface area (Å²) in [7, 11) is 4.13. The maximum Gasteiger partial charge on any atom is 0.0396 e. The zero-order valence-electron chi connectivity index (χ0n) is 9.38. The average Bonchev–Trinajstić information content (AvgIpc) is 2.25. The monoisotopic (exact) mass is 192 g/mol. The molecule has 1 aromatic carbocycles. The van der Waals surface area contributed by atoms with Crippen molar-refractivity contribution in [1.82, 2.24) is 5.32 Å². The number of nitrogens with zero attached hydrogens (tertiary/aromatic N) is 1. The van der Waals surface area contributed by atoms with Crippen molar-refractivity contribution >= 4 is 5.69 Å². The molecule has 0 spiro atoms. The normalized spacial score (nSPS) is 10.2. The van der Waals surface area contributed by atoms with Gasteiger partial charge in [-0.3, -0.25) is 0 Å². The number of hydrogen-bond donors (Lipinski definition) is 1. The van der Waals surface area contributed by atoms with E-state index in [9.17, 15) is 0 Å². The molecule has 0 aliphatic rings. The standard InChI is InChI=1S/C12H20N2/c1-4-11-7-5-6-8-12(11)14(3)10-9-13-2/h5-8,13H,4,9-10H2,1-3H3. The van der Waals surface area contributed by atoms with Gasteiger partial charge in [0.2, 0.25) is 0 Å². The molecular formula is C12H20N2. The van der Waals surface area contributed by atoms with Crippen molar-refractivity contribution in [2.24, 2.45) is 0 Å².